The van der Waals surface area contributed by atoms with Crippen LogP contribution in [0.2, 0.25) is 0 Å². The Morgan fingerprint density at radius 3 is 2.67 bits per heavy atom. The average Bonchev–Trinajstić information content (AvgIpc) is 3.30. The summed E-state index contributed by atoms with van der Waals surface area (Å²) in [5.41, 5.74) is 2.13. The van der Waals surface area contributed by atoms with Crippen molar-refractivity contribution in [3.05, 3.63) is 17.0 Å². The highest BCUT2D eigenvalue weighted by Crippen LogP contribution is 2.28. The Labute approximate surface area is 162 Å². The summed E-state index contributed by atoms with van der Waals surface area (Å²) in [7, 11) is 0. The van der Waals surface area contributed by atoms with Crippen molar-refractivity contribution in [1.29, 1.82) is 0 Å². The van der Waals surface area contributed by atoms with Crippen LogP contribution in [0.4, 0.5) is 0 Å². The minimum Gasteiger partial charge on any atom is -0.379 e. The van der Waals surface area contributed by atoms with Crippen molar-refractivity contribution in [3.8, 4) is 0 Å². The first-order valence-corrected chi connectivity index (χ1v) is 8.84. The van der Waals surface area contributed by atoms with E-state index in [4.69, 9.17) is 9.26 Å². The van der Waals surface area contributed by atoms with Gasteiger partial charge in [0.15, 0.2) is 5.96 Å². The summed E-state index contributed by atoms with van der Waals surface area (Å²) >= 11 is 0. The van der Waals surface area contributed by atoms with Crippen molar-refractivity contribution >= 4 is 29.9 Å². The van der Waals surface area contributed by atoms with Gasteiger partial charge in [-0.05, 0) is 32.1 Å². The SMILES string of the molecule is CCNC(=NCc1c(CC)noc1CC)NCCOCC1CC1.I. The number of hydrogen-bond acceptors (Lipinski definition) is 4. The van der Waals surface area contributed by atoms with Crippen LogP contribution in [0, 0.1) is 5.92 Å². The van der Waals surface area contributed by atoms with E-state index in [1.54, 1.807) is 0 Å². The van der Waals surface area contributed by atoms with Crippen LogP contribution in [0.3, 0.4) is 0 Å². The fourth-order valence-corrected chi connectivity index (χ4v) is 2.39. The molecule has 0 bridgehead atoms. The molecule has 1 aromatic heterocycles. The lowest BCUT2D eigenvalue weighted by atomic mass is 10.1. The van der Waals surface area contributed by atoms with Crippen molar-refractivity contribution in [2.45, 2.75) is 53.0 Å². The van der Waals surface area contributed by atoms with Crippen LogP contribution in [-0.2, 0) is 24.1 Å². The van der Waals surface area contributed by atoms with E-state index in [1.165, 1.54) is 12.8 Å². The van der Waals surface area contributed by atoms with Gasteiger partial charge in [-0.15, -0.1) is 24.0 Å². The van der Waals surface area contributed by atoms with Gasteiger partial charge in [-0.1, -0.05) is 19.0 Å². The van der Waals surface area contributed by atoms with Gasteiger partial charge in [0.25, 0.3) is 0 Å². The molecule has 0 spiro atoms. The summed E-state index contributed by atoms with van der Waals surface area (Å²) < 4.78 is 11.0. The van der Waals surface area contributed by atoms with Gasteiger partial charge < -0.3 is 19.9 Å². The molecule has 1 aliphatic carbocycles. The van der Waals surface area contributed by atoms with Gasteiger partial charge >= 0.3 is 0 Å². The highest BCUT2D eigenvalue weighted by atomic mass is 127. The molecule has 0 aliphatic heterocycles. The van der Waals surface area contributed by atoms with E-state index in [0.29, 0.717) is 13.2 Å². The zero-order valence-electron chi connectivity index (χ0n) is 15.1. The molecule has 0 aromatic carbocycles. The van der Waals surface area contributed by atoms with Gasteiger partial charge in [0, 0.05) is 31.7 Å². The fraction of sp³-hybridized carbons (Fsp3) is 0.765. The topological polar surface area (TPSA) is 71.7 Å². The molecular formula is C17H31IN4O2. The van der Waals surface area contributed by atoms with E-state index >= 15 is 0 Å². The summed E-state index contributed by atoms with van der Waals surface area (Å²) in [6, 6.07) is 0. The maximum absolute atomic E-state index is 5.64. The highest BCUT2D eigenvalue weighted by Gasteiger charge is 2.20. The Bertz CT molecular complexity index is 479. The van der Waals surface area contributed by atoms with Gasteiger partial charge in [-0.25, -0.2) is 4.99 Å². The number of nitrogens with one attached hydrogen (secondary N) is 2. The van der Waals surface area contributed by atoms with E-state index < -0.39 is 0 Å². The number of aryl methyl sites for hydroxylation is 2. The van der Waals surface area contributed by atoms with Crippen LogP contribution in [0.1, 0.15) is 50.6 Å². The first kappa shape index (κ1) is 21.2. The minimum atomic E-state index is 0. The van der Waals surface area contributed by atoms with Gasteiger partial charge in [0.05, 0.1) is 18.8 Å². The predicted octanol–water partition coefficient (Wildman–Crippen LogP) is 2.90. The predicted molar refractivity (Wildman–Crippen MR) is 107 cm³/mol. The number of guanidine groups is 1. The average molecular weight is 450 g/mol. The maximum Gasteiger partial charge on any atom is 0.191 e. The number of nitrogens with zero attached hydrogens (tertiary/aromatic N) is 2. The van der Waals surface area contributed by atoms with Crippen molar-refractivity contribution in [2.75, 3.05) is 26.3 Å². The Kier molecular flexibility index (Phi) is 10.3. The second-order valence-corrected chi connectivity index (χ2v) is 5.88. The van der Waals surface area contributed by atoms with Crippen molar-refractivity contribution in [2.24, 2.45) is 10.9 Å². The van der Waals surface area contributed by atoms with Crippen LogP contribution in [0.15, 0.2) is 9.52 Å². The largest absolute Gasteiger partial charge is 0.379 e. The third kappa shape index (κ3) is 6.96. The molecule has 2 rings (SSSR count). The van der Waals surface area contributed by atoms with Crippen molar-refractivity contribution in [1.82, 2.24) is 15.8 Å². The second-order valence-electron chi connectivity index (χ2n) is 5.88. The monoisotopic (exact) mass is 450 g/mol. The molecular weight excluding hydrogens is 419 g/mol. The molecule has 0 saturated heterocycles. The normalized spacial score (nSPS) is 14.4. The summed E-state index contributed by atoms with van der Waals surface area (Å²) in [5.74, 6) is 2.56. The molecule has 1 saturated carbocycles. The molecule has 6 nitrogen and oxygen atoms in total. The lowest BCUT2D eigenvalue weighted by Crippen LogP contribution is -2.39. The van der Waals surface area contributed by atoms with Gasteiger partial charge in [-0.3, -0.25) is 0 Å². The molecule has 1 fully saturated rings. The van der Waals surface area contributed by atoms with E-state index in [9.17, 15) is 0 Å². The molecule has 1 heterocycles. The zero-order chi connectivity index (χ0) is 16.5. The molecule has 2 N–H and O–H groups in total. The van der Waals surface area contributed by atoms with Gasteiger partial charge in [-0.2, -0.15) is 0 Å². The lowest BCUT2D eigenvalue weighted by Gasteiger charge is -2.11. The summed E-state index contributed by atoms with van der Waals surface area (Å²) in [6.45, 7) is 10.0. The molecule has 0 radical (unpaired) electrons. The third-order valence-corrected chi connectivity index (χ3v) is 3.94. The van der Waals surface area contributed by atoms with E-state index in [-0.39, 0.29) is 24.0 Å². The number of aliphatic imine (C=N–C) groups is 1. The number of rotatable bonds is 10. The molecule has 0 atom stereocenters. The maximum atomic E-state index is 5.64. The highest BCUT2D eigenvalue weighted by molar-refractivity contribution is 14.0. The molecule has 1 aliphatic rings. The van der Waals surface area contributed by atoms with E-state index in [1.807, 2.05) is 0 Å². The van der Waals surface area contributed by atoms with Gasteiger partial charge in [0.1, 0.15) is 5.76 Å². The van der Waals surface area contributed by atoms with E-state index in [2.05, 4.69) is 41.6 Å². The number of ether oxygens (including phenoxy) is 1. The molecule has 7 heteroatoms. The molecule has 0 amide bonds. The van der Waals surface area contributed by atoms with Crippen LogP contribution in [0.25, 0.3) is 0 Å². The molecule has 24 heavy (non-hydrogen) atoms. The quantitative estimate of drug-likeness (QED) is 0.248. The van der Waals surface area contributed by atoms with Crippen LogP contribution < -0.4 is 10.6 Å². The summed E-state index contributed by atoms with van der Waals surface area (Å²) in [6.07, 6.45) is 4.37. The summed E-state index contributed by atoms with van der Waals surface area (Å²) in [5, 5.41) is 10.7. The Morgan fingerprint density at radius 2 is 2.04 bits per heavy atom. The standard InChI is InChI=1S/C17H30N4O2.HI/c1-4-15-14(16(5-2)23-21-15)11-20-17(18-6-3)19-9-10-22-12-13-7-8-13;/h13H,4-12H2,1-3H3,(H2,18,19,20);1H. The Morgan fingerprint density at radius 1 is 1.25 bits per heavy atom. The van der Waals surface area contributed by atoms with Gasteiger partial charge in [0.2, 0.25) is 0 Å². The molecule has 0 unspecified atom stereocenters. The molecule has 138 valence electrons. The minimum absolute atomic E-state index is 0. The first-order chi connectivity index (χ1) is 11.3. The number of halogens is 1. The Balaban J connectivity index is 0.00000288. The Hall–Kier alpha value is -0.830. The van der Waals surface area contributed by atoms with E-state index in [0.717, 1.165) is 61.4 Å². The number of hydrogen-bond donors (Lipinski definition) is 2. The van der Waals surface area contributed by atoms with Crippen LogP contribution >= 0.6 is 24.0 Å². The summed E-state index contributed by atoms with van der Waals surface area (Å²) in [4.78, 5) is 4.66. The van der Waals surface area contributed by atoms with Crippen molar-refractivity contribution in [3.63, 3.8) is 0 Å². The number of aromatic nitrogens is 1. The smallest absolute Gasteiger partial charge is 0.191 e. The lowest BCUT2D eigenvalue weighted by molar-refractivity contribution is 0.129. The zero-order valence-corrected chi connectivity index (χ0v) is 17.4. The van der Waals surface area contributed by atoms with Crippen molar-refractivity contribution < 1.29 is 9.26 Å². The third-order valence-electron chi connectivity index (χ3n) is 3.94. The fourth-order valence-electron chi connectivity index (χ4n) is 2.39. The van der Waals surface area contributed by atoms with Crippen LogP contribution in [-0.4, -0.2) is 37.4 Å². The van der Waals surface area contributed by atoms with Crippen LogP contribution in [0.5, 0.6) is 0 Å². The molecule has 1 aromatic rings. The second kappa shape index (κ2) is 11.7. The first-order valence-electron chi connectivity index (χ1n) is 8.84.